The number of benzene rings is 1. The summed E-state index contributed by atoms with van der Waals surface area (Å²) in [5.41, 5.74) is 2.33. The molecule has 4 rings (SSSR count). The number of ether oxygens (including phenoxy) is 1. The molecule has 1 aromatic carbocycles. The highest BCUT2D eigenvalue weighted by molar-refractivity contribution is 5.97. The van der Waals surface area contributed by atoms with Crippen LogP contribution in [-0.2, 0) is 13.0 Å². The average Bonchev–Trinajstić information content (AvgIpc) is 3.01. The van der Waals surface area contributed by atoms with E-state index in [2.05, 4.69) is 15.1 Å². The van der Waals surface area contributed by atoms with Crippen molar-refractivity contribution in [3.8, 4) is 17.1 Å². The van der Waals surface area contributed by atoms with Gasteiger partial charge in [-0.25, -0.2) is 9.67 Å². The van der Waals surface area contributed by atoms with Crippen LogP contribution in [0.2, 0.25) is 0 Å². The molecule has 1 aliphatic rings. The summed E-state index contributed by atoms with van der Waals surface area (Å²) in [5.74, 6) is 2.09. The van der Waals surface area contributed by atoms with Crippen molar-refractivity contribution in [1.82, 2.24) is 24.6 Å². The second-order valence-electron chi connectivity index (χ2n) is 6.51. The van der Waals surface area contributed by atoms with Crippen LogP contribution in [0.15, 0.2) is 42.6 Å². The topological polar surface area (TPSA) is 73.1 Å². The lowest BCUT2D eigenvalue weighted by Gasteiger charge is -2.21. The number of methoxy groups -OCH3 is 1. The maximum atomic E-state index is 13.0. The van der Waals surface area contributed by atoms with Gasteiger partial charge in [0.05, 0.1) is 25.4 Å². The van der Waals surface area contributed by atoms with Crippen molar-refractivity contribution in [1.29, 1.82) is 0 Å². The molecule has 0 unspecified atom stereocenters. The number of rotatable bonds is 3. The molecule has 1 aliphatic heterocycles. The Balaban J connectivity index is 1.53. The Labute approximate surface area is 157 Å². The second-order valence-corrected chi connectivity index (χ2v) is 6.51. The van der Waals surface area contributed by atoms with Crippen LogP contribution in [0.5, 0.6) is 5.75 Å². The van der Waals surface area contributed by atoms with E-state index in [0.29, 0.717) is 37.4 Å². The van der Waals surface area contributed by atoms with E-state index in [1.54, 1.807) is 19.4 Å². The average molecular weight is 363 g/mol. The van der Waals surface area contributed by atoms with Crippen molar-refractivity contribution in [3.05, 3.63) is 59.7 Å². The zero-order valence-corrected chi connectivity index (χ0v) is 15.4. The van der Waals surface area contributed by atoms with E-state index in [4.69, 9.17) is 4.74 Å². The monoisotopic (exact) mass is 363 g/mol. The van der Waals surface area contributed by atoms with Gasteiger partial charge in [0.15, 0.2) is 5.82 Å². The molecular weight excluding hydrogens is 342 g/mol. The van der Waals surface area contributed by atoms with E-state index in [1.165, 1.54) is 0 Å². The van der Waals surface area contributed by atoms with Gasteiger partial charge in [-0.3, -0.25) is 9.78 Å². The maximum Gasteiger partial charge on any atom is 0.257 e. The van der Waals surface area contributed by atoms with Crippen molar-refractivity contribution >= 4 is 5.91 Å². The molecule has 0 aliphatic carbocycles. The first-order valence-electron chi connectivity index (χ1n) is 8.95. The molecule has 0 spiro atoms. The fourth-order valence-electron chi connectivity index (χ4n) is 3.26. The highest BCUT2D eigenvalue weighted by Gasteiger charge is 2.24. The summed E-state index contributed by atoms with van der Waals surface area (Å²) >= 11 is 0. The largest absolute Gasteiger partial charge is 0.494 e. The summed E-state index contributed by atoms with van der Waals surface area (Å²) in [5, 5.41) is 4.63. The summed E-state index contributed by atoms with van der Waals surface area (Å²) in [6.45, 7) is 3.65. The van der Waals surface area contributed by atoms with E-state index in [0.717, 1.165) is 22.9 Å². The number of carbonyl (C=O) groups is 1. The molecule has 0 radical (unpaired) electrons. The molecule has 27 heavy (non-hydrogen) atoms. The molecule has 2 aromatic heterocycles. The number of carbonyl (C=O) groups excluding carboxylic acids is 1. The molecule has 3 heterocycles. The number of pyridine rings is 1. The molecule has 0 bridgehead atoms. The lowest BCUT2D eigenvalue weighted by Crippen LogP contribution is -2.34. The Bertz CT molecular complexity index is 942. The summed E-state index contributed by atoms with van der Waals surface area (Å²) in [4.78, 5) is 23.7. The van der Waals surface area contributed by atoms with Crippen molar-refractivity contribution in [2.45, 2.75) is 19.9 Å². The predicted octanol–water partition coefficient (Wildman–Crippen LogP) is 2.36. The molecule has 3 aromatic rings. The number of hydrogen-bond acceptors (Lipinski definition) is 5. The zero-order valence-electron chi connectivity index (χ0n) is 15.4. The fraction of sp³-hybridized carbons (Fsp3) is 0.300. The maximum absolute atomic E-state index is 13.0. The lowest BCUT2D eigenvalue weighted by atomic mass is 10.2. The molecule has 0 saturated carbocycles. The first-order valence-corrected chi connectivity index (χ1v) is 8.95. The van der Waals surface area contributed by atoms with Crippen LogP contribution in [0.4, 0.5) is 0 Å². The smallest absolute Gasteiger partial charge is 0.257 e. The molecule has 1 amide bonds. The SMILES string of the molecule is COc1cnc(C)cc1C(=O)N1CCc2nc(-c3ccccc3)nn2CC1. The highest BCUT2D eigenvalue weighted by Crippen LogP contribution is 2.22. The Hall–Kier alpha value is -3.22. The van der Waals surface area contributed by atoms with Gasteiger partial charge in [0.25, 0.3) is 5.91 Å². The minimum atomic E-state index is -0.0496. The van der Waals surface area contributed by atoms with E-state index >= 15 is 0 Å². The van der Waals surface area contributed by atoms with Crippen LogP contribution in [0.25, 0.3) is 11.4 Å². The standard InChI is InChI=1S/C20H21N5O2/c1-14-12-16(17(27-2)13-21-14)20(26)24-9-8-18-22-19(23-25(18)11-10-24)15-6-4-3-5-7-15/h3-7,12-13H,8-11H2,1-2H3. The molecule has 0 fully saturated rings. The van der Waals surface area contributed by atoms with Crippen molar-refractivity contribution < 1.29 is 9.53 Å². The number of aryl methyl sites for hydroxylation is 1. The summed E-state index contributed by atoms with van der Waals surface area (Å²) < 4.78 is 7.22. The number of nitrogens with zero attached hydrogens (tertiary/aromatic N) is 5. The van der Waals surface area contributed by atoms with Gasteiger partial charge in [0.2, 0.25) is 0 Å². The minimum absolute atomic E-state index is 0.0496. The normalized spacial score (nSPS) is 13.8. The molecule has 7 heteroatoms. The number of amides is 1. The van der Waals surface area contributed by atoms with Gasteiger partial charge >= 0.3 is 0 Å². The molecular formula is C20H21N5O2. The minimum Gasteiger partial charge on any atom is -0.494 e. The van der Waals surface area contributed by atoms with Crippen LogP contribution in [0.1, 0.15) is 21.9 Å². The van der Waals surface area contributed by atoms with Crippen LogP contribution < -0.4 is 4.74 Å². The quantitative estimate of drug-likeness (QED) is 0.714. The Morgan fingerprint density at radius 1 is 1.15 bits per heavy atom. The predicted molar refractivity (Wildman–Crippen MR) is 101 cm³/mol. The van der Waals surface area contributed by atoms with Gasteiger partial charge < -0.3 is 9.64 Å². The van der Waals surface area contributed by atoms with Crippen LogP contribution >= 0.6 is 0 Å². The van der Waals surface area contributed by atoms with E-state index in [1.807, 2.05) is 46.8 Å². The van der Waals surface area contributed by atoms with Crippen LogP contribution in [-0.4, -0.2) is 50.8 Å². The Morgan fingerprint density at radius 2 is 1.96 bits per heavy atom. The summed E-state index contributed by atoms with van der Waals surface area (Å²) in [6, 6.07) is 11.7. The van der Waals surface area contributed by atoms with E-state index in [-0.39, 0.29) is 5.91 Å². The van der Waals surface area contributed by atoms with E-state index in [9.17, 15) is 4.79 Å². The second kappa shape index (κ2) is 7.19. The van der Waals surface area contributed by atoms with Gasteiger partial charge in [-0.15, -0.1) is 0 Å². The number of aromatic nitrogens is 4. The van der Waals surface area contributed by atoms with Crippen LogP contribution in [0.3, 0.4) is 0 Å². The van der Waals surface area contributed by atoms with Gasteiger partial charge in [-0.1, -0.05) is 30.3 Å². The van der Waals surface area contributed by atoms with Gasteiger partial charge in [0.1, 0.15) is 11.6 Å². The molecule has 0 N–H and O–H groups in total. The Morgan fingerprint density at radius 3 is 2.74 bits per heavy atom. The molecule has 0 saturated heterocycles. The first kappa shape index (κ1) is 17.2. The zero-order chi connectivity index (χ0) is 18.8. The Kier molecular flexibility index (Phi) is 4.58. The van der Waals surface area contributed by atoms with Gasteiger partial charge in [-0.2, -0.15) is 5.10 Å². The first-order chi connectivity index (χ1) is 13.2. The van der Waals surface area contributed by atoms with Crippen molar-refractivity contribution in [2.24, 2.45) is 0 Å². The molecule has 7 nitrogen and oxygen atoms in total. The van der Waals surface area contributed by atoms with Gasteiger partial charge in [0, 0.05) is 30.8 Å². The third-order valence-corrected chi connectivity index (χ3v) is 4.71. The highest BCUT2D eigenvalue weighted by atomic mass is 16.5. The lowest BCUT2D eigenvalue weighted by molar-refractivity contribution is 0.0754. The van der Waals surface area contributed by atoms with E-state index < -0.39 is 0 Å². The van der Waals surface area contributed by atoms with Gasteiger partial charge in [-0.05, 0) is 13.0 Å². The van der Waals surface area contributed by atoms with Crippen molar-refractivity contribution in [3.63, 3.8) is 0 Å². The summed E-state index contributed by atoms with van der Waals surface area (Å²) in [6.07, 6.45) is 2.26. The molecule has 138 valence electrons. The third kappa shape index (κ3) is 3.40. The third-order valence-electron chi connectivity index (χ3n) is 4.71. The van der Waals surface area contributed by atoms with Crippen LogP contribution in [0, 0.1) is 6.92 Å². The van der Waals surface area contributed by atoms with Crippen molar-refractivity contribution in [2.75, 3.05) is 20.2 Å². The number of hydrogen-bond donors (Lipinski definition) is 0. The number of fused-ring (bicyclic) bond motifs is 1. The fourth-order valence-corrected chi connectivity index (χ4v) is 3.26. The molecule has 0 atom stereocenters. The summed E-state index contributed by atoms with van der Waals surface area (Å²) in [7, 11) is 1.55.